The molecule has 1 N–H and O–H groups in total. The predicted octanol–water partition coefficient (Wildman–Crippen LogP) is 0.290. The lowest BCUT2D eigenvalue weighted by Gasteiger charge is -2.18. The van der Waals surface area contributed by atoms with Gasteiger partial charge in [0.05, 0.1) is 36.3 Å². The first kappa shape index (κ1) is 17.2. The van der Waals surface area contributed by atoms with Gasteiger partial charge in [0.15, 0.2) is 0 Å². The number of rotatable bonds is 4. The van der Waals surface area contributed by atoms with E-state index in [2.05, 4.69) is 0 Å². The predicted molar refractivity (Wildman–Crippen MR) is 93.4 cm³/mol. The average molecular weight is 363 g/mol. The number of sulfonamides is 1. The van der Waals surface area contributed by atoms with Gasteiger partial charge in [-0.3, -0.25) is 19.1 Å². The zero-order valence-corrected chi connectivity index (χ0v) is 14.3. The van der Waals surface area contributed by atoms with Crippen LogP contribution in [0.25, 0.3) is 5.69 Å². The normalized spacial score (nSPS) is 13.8. The molecule has 3 rings (SSSR count). The van der Waals surface area contributed by atoms with Gasteiger partial charge in [0.25, 0.3) is 5.56 Å². The van der Waals surface area contributed by atoms with Gasteiger partial charge in [0.1, 0.15) is 6.67 Å². The Morgan fingerprint density at radius 1 is 1.20 bits per heavy atom. The SMILES string of the molecule is CS(=O)(=O)N1CN(C(=O)CCO)c2cc(-n3ccccc3=O)ccc21. The van der Waals surface area contributed by atoms with E-state index in [1.165, 1.54) is 15.5 Å². The number of pyridine rings is 1. The summed E-state index contributed by atoms with van der Waals surface area (Å²) in [5.74, 6) is -0.396. The molecule has 1 aliphatic heterocycles. The van der Waals surface area contributed by atoms with Crippen LogP contribution in [0.4, 0.5) is 11.4 Å². The minimum absolute atomic E-state index is 0.118. The van der Waals surface area contributed by atoms with Crippen LogP contribution in [0.1, 0.15) is 6.42 Å². The lowest BCUT2D eigenvalue weighted by atomic mass is 10.2. The van der Waals surface area contributed by atoms with Crippen molar-refractivity contribution in [1.29, 1.82) is 0 Å². The molecule has 0 radical (unpaired) electrons. The van der Waals surface area contributed by atoms with Gasteiger partial charge in [-0.1, -0.05) is 6.07 Å². The van der Waals surface area contributed by atoms with Crippen molar-refractivity contribution in [3.63, 3.8) is 0 Å². The molecule has 0 saturated heterocycles. The summed E-state index contributed by atoms with van der Waals surface area (Å²) < 4.78 is 26.6. The van der Waals surface area contributed by atoms with Crippen LogP contribution in [-0.2, 0) is 14.8 Å². The molecule has 1 aromatic carbocycles. The Labute approximate surface area is 144 Å². The molecule has 25 heavy (non-hydrogen) atoms. The van der Waals surface area contributed by atoms with E-state index in [-0.39, 0.29) is 25.3 Å². The molecule has 1 aromatic heterocycles. The fourth-order valence-electron chi connectivity index (χ4n) is 2.74. The lowest BCUT2D eigenvalue weighted by Crippen LogP contribution is -2.38. The van der Waals surface area contributed by atoms with Crippen molar-refractivity contribution in [1.82, 2.24) is 4.57 Å². The number of anilines is 2. The average Bonchev–Trinajstić information content (AvgIpc) is 2.94. The molecule has 1 amide bonds. The third-order valence-electron chi connectivity index (χ3n) is 3.92. The van der Waals surface area contributed by atoms with Crippen LogP contribution in [0.3, 0.4) is 0 Å². The van der Waals surface area contributed by atoms with Crippen molar-refractivity contribution in [3.05, 3.63) is 52.9 Å². The minimum Gasteiger partial charge on any atom is -0.396 e. The number of fused-ring (bicyclic) bond motifs is 1. The van der Waals surface area contributed by atoms with Crippen LogP contribution in [0, 0.1) is 0 Å². The number of carbonyl (C=O) groups excluding carboxylic acids is 1. The maximum absolute atomic E-state index is 12.3. The van der Waals surface area contributed by atoms with Gasteiger partial charge in [0, 0.05) is 12.3 Å². The smallest absolute Gasteiger partial charge is 0.255 e. The summed E-state index contributed by atoms with van der Waals surface area (Å²) in [5, 5.41) is 9.01. The summed E-state index contributed by atoms with van der Waals surface area (Å²) >= 11 is 0. The van der Waals surface area contributed by atoms with Gasteiger partial charge in [-0.2, -0.15) is 0 Å². The number of aliphatic hydroxyl groups is 1. The maximum atomic E-state index is 12.3. The fourth-order valence-corrected chi connectivity index (χ4v) is 3.57. The summed E-state index contributed by atoms with van der Waals surface area (Å²) in [7, 11) is -3.57. The molecular formula is C16H17N3O5S. The highest BCUT2D eigenvalue weighted by atomic mass is 32.2. The number of aromatic nitrogens is 1. The number of hydrogen-bond acceptors (Lipinski definition) is 5. The van der Waals surface area contributed by atoms with Crippen molar-refractivity contribution in [2.75, 3.05) is 28.7 Å². The molecule has 1 aliphatic rings. The topological polar surface area (TPSA) is 99.9 Å². The molecule has 0 aliphatic carbocycles. The highest BCUT2D eigenvalue weighted by Gasteiger charge is 2.34. The Kier molecular flexibility index (Phi) is 4.36. The first-order valence-electron chi connectivity index (χ1n) is 7.54. The first-order valence-corrected chi connectivity index (χ1v) is 9.39. The zero-order valence-electron chi connectivity index (χ0n) is 13.5. The Balaban J connectivity index is 2.14. The molecule has 2 heterocycles. The third-order valence-corrected chi connectivity index (χ3v) is 5.03. The van der Waals surface area contributed by atoms with Crippen molar-refractivity contribution in [2.45, 2.75) is 6.42 Å². The maximum Gasteiger partial charge on any atom is 0.255 e. The molecule has 0 saturated carbocycles. The summed E-state index contributed by atoms with van der Waals surface area (Å²) in [6.45, 7) is -0.485. The standard InChI is InChI=1S/C16H17N3O5S/c1-25(23,24)19-11-18(16(22)7-9-20)14-10-12(5-6-13(14)19)17-8-3-2-4-15(17)21/h2-6,8,10,20H,7,9,11H2,1H3. The highest BCUT2D eigenvalue weighted by Crippen LogP contribution is 2.39. The van der Waals surface area contributed by atoms with Crippen LogP contribution in [0.15, 0.2) is 47.4 Å². The van der Waals surface area contributed by atoms with Crippen molar-refractivity contribution < 1.29 is 18.3 Å². The number of benzene rings is 1. The second-order valence-corrected chi connectivity index (χ2v) is 7.54. The van der Waals surface area contributed by atoms with Gasteiger partial charge >= 0.3 is 0 Å². The van der Waals surface area contributed by atoms with Crippen LogP contribution in [0.2, 0.25) is 0 Å². The number of carbonyl (C=O) groups is 1. The molecule has 9 heteroatoms. The minimum atomic E-state index is -3.57. The number of amides is 1. The van der Waals surface area contributed by atoms with E-state index in [9.17, 15) is 18.0 Å². The van der Waals surface area contributed by atoms with Gasteiger partial charge in [-0.25, -0.2) is 12.7 Å². The van der Waals surface area contributed by atoms with E-state index < -0.39 is 15.9 Å². The first-order chi connectivity index (χ1) is 11.8. The Hall–Kier alpha value is -2.65. The molecule has 0 bridgehead atoms. The van der Waals surface area contributed by atoms with Crippen molar-refractivity contribution in [3.8, 4) is 5.69 Å². The molecule has 132 valence electrons. The van der Waals surface area contributed by atoms with Crippen LogP contribution >= 0.6 is 0 Å². The van der Waals surface area contributed by atoms with E-state index in [0.717, 1.165) is 10.6 Å². The Morgan fingerprint density at radius 2 is 1.96 bits per heavy atom. The second-order valence-electron chi connectivity index (χ2n) is 5.63. The number of nitrogens with zero attached hydrogens (tertiary/aromatic N) is 3. The molecule has 2 aromatic rings. The van der Waals surface area contributed by atoms with E-state index in [1.807, 2.05) is 0 Å². The van der Waals surface area contributed by atoms with Crippen LogP contribution in [0.5, 0.6) is 0 Å². The fraction of sp³-hybridized carbons (Fsp3) is 0.250. The molecule has 8 nitrogen and oxygen atoms in total. The largest absolute Gasteiger partial charge is 0.396 e. The third kappa shape index (κ3) is 3.15. The molecule has 0 spiro atoms. The van der Waals surface area contributed by atoms with E-state index in [4.69, 9.17) is 5.11 Å². The van der Waals surface area contributed by atoms with Gasteiger partial charge in [-0.15, -0.1) is 0 Å². The quantitative estimate of drug-likeness (QED) is 0.842. The number of hydrogen-bond donors (Lipinski definition) is 1. The summed E-state index contributed by atoms with van der Waals surface area (Å²) in [6, 6.07) is 9.51. The van der Waals surface area contributed by atoms with Crippen LogP contribution < -0.4 is 14.8 Å². The van der Waals surface area contributed by atoms with E-state index in [1.54, 1.807) is 36.5 Å². The molecule has 0 atom stereocenters. The van der Waals surface area contributed by atoms with Crippen molar-refractivity contribution in [2.24, 2.45) is 0 Å². The summed E-state index contributed by atoms with van der Waals surface area (Å²) in [6.07, 6.45) is 2.53. The highest BCUT2D eigenvalue weighted by molar-refractivity contribution is 7.92. The zero-order chi connectivity index (χ0) is 18.2. The van der Waals surface area contributed by atoms with E-state index >= 15 is 0 Å². The van der Waals surface area contributed by atoms with E-state index in [0.29, 0.717) is 17.1 Å². The van der Waals surface area contributed by atoms with Gasteiger partial charge < -0.3 is 5.11 Å². The number of aliphatic hydroxyl groups excluding tert-OH is 1. The monoisotopic (exact) mass is 363 g/mol. The van der Waals surface area contributed by atoms with Crippen LogP contribution in [-0.4, -0.2) is 43.5 Å². The van der Waals surface area contributed by atoms with Gasteiger partial charge in [-0.05, 0) is 24.3 Å². The summed E-state index contributed by atoms with van der Waals surface area (Å²) in [4.78, 5) is 25.6. The molecule has 0 unspecified atom stereocenters. The molecular weight excluding hydrogens is 346 g/mol. The lowest BCUT2D eigenvalue weighted by molar-refractivity contribution is -0.119. The molecule has 0 fully saturated rings. The second kappa shape index (κ2) is 6.34. The summed E-state index contributed by atoms with van der Waals surface area (Å²) in [5.41, 5.74) is 1.02. The van der Waals surface area contributed by atoms with Crippen molar-refractivity contribution >= 4 is 27.3 Å². The Morgan fingerprint density at radius 3 is 2.60 bits per heavy atom. The Bertz CT molecular complexity index is 983. The van der Waals surface area contributed by atoms with Gasteiger partial charge in [0.2, 0.25) is 15.9 Å².